The van der Waals surface area contributed by atoms with Crippen molar-refractivity contribution < 1.29 is 14.7 Å². The van der Waals surface area contributed by atoms with Gasteiger partial charge in [0.1, 0.15) is 5.78 Å². The molecule has 1 amide bonds. The summed E-state index contributed by atoms with van der Waals surface area (Å²) in [5.41, 5.74) is 0.548. The van der Waals surface area contributed by atoms with Gasteiger partial charge >= 0.3 is 6.09 Å². The van der Waals surface area contributed by atoms with Crippen LogP contribution in [-0.2, 0) is 11.2 Å². The van der Waals surface area contributed by atoms with Crippen LogP contribution in [0.5, 0.6) is 0 Å². The van der Waals surface area contributed by atoms with Gasteiger partial charge in [-0.3, -0.25) is 9.69 Å². The monoisotopic (exact) mass is 325 g/mol. The number of nitrogens with zero attached hydrogens (tertiary/aromatic N) is 1. The topological polar surface area (TPSA) is 57.6 Å². The van der Waals surface area contributed by atoms with E-state index in [1.165, 1.54) is 4.90 Å². The number of carbonyl (C=O) groups is 2. The van der Waals surface area contributed by atoms with Crippen LogP contribution in [0.2, 0.25) is 5.02 Å². The van der Waals surface area contributed by atoms with Crippen molar-refractivity contribution in [2.24, 2.45) is 5.92 Å². The highest BCUT2D eigenvalue weighted by Crippen LogP contribution is 2.30. The predicted molar refractivity (Wildman–Crippen MR) is 89.9 cm³/mol. The number of amides is 1. The Morgan fingerprint density at radius 3 is 2.32 bits per heavy atom. The average molecular weight is 326 g/mol. The van der Waals surface area contributed by atoms with Gasteiger partial charge < -0.3 is 5.11 Å². The molecule has 0 aliphatic heterocycles. The maximum absolute atomic E-state index is 12.1. The first-order valence-electron chi connectivity index (χ1n) is 7.35. The number of Topliss-reactive ketones (excluding diaryl/α,β-unsaturated/α-hetero) is 1. The number of halogens is 1. The maximum atomic E-state index is 12.1. The highest BCUT2D eigenvalue weighted by molar-refractivity contribution is 6.30. The van der Waals surface area contributed by atoms with Gasteiger partial charge in [-0.1, -0.05) is 25.4 Å². The Labute approximate surface area is 137 Å². The fourth-order valence-corrected chi connectivity index (χ4v) is 2.60. The molecule has 5 heteroatoms. The molecule has 0 spiro atoms. The Bertz CT molecular complexity index is 562. The second kappa shape index (κ2) is 7.14. The number of benzene rings is 1. The van der Waals surface area contributed by atoms with Crippen molar-refractivity contribution in [2.45, 2.75) is 53.0 Å². The lowest BCUT2D eigenvalue weighted by Gasteiger charge is -2.34. The second-order valence-electron chi connectivity index (χ2n) is 6.88. The summed E-state index contributed by atoms with van der Waals surface area (Å²) in [7, 11) is 0. The molecule has 0 fully saturated rings. The van der Waals surface area contributed by atoms with E-state index < -0.39 is 11.6 Å². The van der Waals surface area contributed by atoms with Crippen molar-refractivity contribution in [3.63, 3.8) is 0 Å². The van der Waals surface area contributed by atoms with Crippen molar-refractivity contribution in [1.82, 2.24) is 0 Å². The van der Waals surface area contributed by atoms with Crippen LogP contribution in [-0.4, -0.2) is 22.5 Å². The summed E-state index contributed by atoms with van der Waals surface area (Å²) in [5.74, 6) is 0.353. The highest BCUT2D eigenvalue weighted by atomic mass is 35.5. The Morgan fingerprint density at radius 2 is 1.86 bits per heavy atom. The van der Waals surface area contributed by atoms with Gasteiger partial charge in [-0.25, -0.2) is 4.79 Å². The summed E-state index contributed by atoms with van der Waals surface area (Å²) < 4.78 is 0. The third-order valence-corrected chi connectivity index (χ3v) is 3.40. The summed E-state index contributed by atoms with van der Waals surface area (Å²) in [6.07, 6.45) is -0.393. The van der Waals surface area contributed by atoms with E-state index in [1.807, 2.05) is 34.6 Å². The number of rotatable bonds is 5. The van der Waals surface area contributed by atoms with E-state index in [0.29, 0.717) is 22.7 Å². The van der Waals surface area contributed by atoms with Crippen LogP contribution in [0.25, 0.3) is 0 Å². The quantitative estimate of drug-likeness (QED) is 0.847. The van der Waals surface area contributed by atoms with E-state index in [-0.39, 0.29) is 18.1 Å². The summed E-state index contributed by atoms with van der Waals surface area (Å²) in [6, 6.07) is 4.99. The van der Waals surface area contributed by atoms with Crippen molar-refractivity contribution in [1.29, 1.82) is 0 Å². The molecular weight excluding hydrogens is 302 g/mol. The standard InChI is InChI=1S/C17H24ClNO3/c1-11(2)8-14(20)10-12-9-13(18)6-7-15(12)19(16(21)22)17(3,4)5/h6-7,9,11H,8,10H2,1-5H3,(H,21,22). The van der Waals surface area contributed by atoms with Crippen LogP contribution in [0, 0.1) is 5.92 Å². The van der Waals surface area contributed by atoms with Gasteiger partial charge in [0.2, 0.25) is 0 Å². The summed E-state index contributed by atoms with van der Waals surface area (Å²) in [4.78, 5) is 25.1. The number of anilines is 1. The first-order valence-corrected chi connectivity index (χ1v) is 7.73. The lowest BCUT2D eigenvalue weighted by atomic mass is 9.97. The minimum atomic E-state index is -1.05. The molecule has 22 heavy (non-hydrogen) atoms. The molecule has 1 N–H and O–H groups in total. The first-order chi connectivity index (χ1) is 10.0. The normalized spacial score (nSPS) is 11.6. The van der Waals surface area contributed by atoms with E-state index in [2.05, 4.69) is 0 Å². The molecule has 0 unspecified atom stereocenters. The Balaban J connectivity index is 3.25. The van der Waals surface area contributed by atoms with E-state index in [0.717, 1.165) is 0 Å². The smallest absolute Gasteiger partial charge is 0.412 e. The zero-order valence-electron chi connectivity index (χ0n) is 13.8. The maximum Gasteiger partial charge on any atom is 0.412 e. The third-order valence-electron chi connectivity index (χ3n) is 3.17. The van der Waals surface area contributed by atoms with Gasteiger partial charge in [0.25, 0.3) is 0 Å². The predicted octanol–water partition coefficient (Wildman–Crippen LogP) is 4.78. The number of carbonyl (C=O) groups excluding carboxylic acids is 1. The minimum absolute atomic E-state index is 0.0813. The molecule has 0 bridgehead atoms. The van der Waals surface area contributed by atoms with Crippen molar-refractivity contribution >= 4 is 29.2 Å². The largest absolute Gasteiger partial charge is 0.465 e. The van der Waals surface area contributed by atoms with Crippen LogP contribution >= 0.6 is 11.6 Å². The lowest BCUT2D eigenvalue weighted by molar-refractivity contribution is -0.119. The fourth-order valence-electron chi connectivity index (χ4n) is 2.41. The molecule has 4 nitrogen and oxygen atoms in total. The SMILES string of the molecule is CC(C)CC(=O)Cc1cc(Cl)ccc1N(C(=O)O)C(C)(C)C. The van der Waals surface area contributed by atoms with E-state index in [9.17, 15) is 14.7 Å². The van der Waals surface area contributed by atoms with Gasteiger partial charge in [0.05, 0.1) is 5.69 Å². The van der Waals surface area contributed by atoms with Gasteiger partial charge in [-0.2, -0.15) is 0 Å². The molecule has 0 saturated heterocycles. The molecule has 1 aromatic rings. The van der Waals surface area contributed by atoms with Gasteiger partial charge in [-0.15, -0.1) is 0 Å². The van der Waals surface area contributed by atoms with E-state index in [4.69, 9.17) is 11.6 Å². The van der Waals surface area contributed by atoms with Crippen molar-refractivity contribution in [3.8, 4) is 0 Å². The Morgan fingerprint density at radius 1 is 1.27 bits per heavy atom. The highest BCUT2D eigenvalue weighted by Gasteiger charge is 2.30. The third kappa shape index (κ3) is 5.02. The molecule has 0 heterocycles. The van der Waals surface area contributed by atoms with Crippen LogP contribution in [0.1, 0.15) is 46.6 Å². The first kappa shape index (κ1) is 18.5. The van der Waals surface area contributed by atoms with Gasteiger partial charge in [-0.05, 0) is 50.5 Å². The number of ketones is 1. The minimum Gasteiger partial charge on any atom is -0.465 e. The number of hydrogen-bond acceptors (Lipinski definition) is 2. The van der Waals surface area contributed by atoms with Crippen LogP contribution in [0.15, 0.2) is 18.2 Å². The Kier molecular flexibility index (Phi) is 6.00. The molecule has 0 aliphatic carbocycles. The van der Waals surface area contributed by atoms with Crippen molar-refractivity contribution in [2.75, 3.05) is 4.90 Å². The fraction of sp³-hybridized carbons (Fsp3) is 0.529. The van der Waals surface area contributed by atoms with Gasteiger partial charge in [0.15, 0.2) is 0 Å². The molecule has 1 aromatic carbocycles. The summed E-state index contributed by atoms with van der Waals surface area (Å²) in [5, 5.41) is 10.0. The molecule has 0 saturated carbocycles. The average Bonchev–Trinajstić information content (AvgIpc) is 2.28. The van der Waals surface area contributed by atoms with E-state index >= 15 is 0 Å². The molecule has 122 valence electrons. The zero-order valence-corrected chi connectivity index (χ0v) is 14.6. The van der Waals surface area contributed by atoms with E-state index in [1.54, 1.807) is 18.2 Å². The number of hydrogen-bond donors (Lipinski definition) is 1. The van der Waals surface area contributed by atoms with Crippen LogP contribution < -0.4 is 4.90 Å². The van der Waals surface area contributed by atoms with Crippen LogP contribution in [0.3, 0.4) is 0 Å². The summed E-state index contributed by atoms with van der Waals surface area (Å²) in [6.45, 7) is 9.41. The molecule has 0 radical (unpaired) electrons. The molecule has 0 aliphatic rings. The number of carboxylic acid groups (broad SMARTS) is 1. The van der Waals surface area contributed by atoms with Gasteiger partial charge in [0, 0.05) is 23.4 Å². The molecular formula is C17H24ClNO3. The summed E-state index contributed by atoms with van der Waals surface area (Å²) >= 11 is 6.03. The zero-order chi connectivity index (χ0) is 17.1. The molecule has 1 rings (SSSR count). The molecule has 0 aromatic heterocycles. The van der Waals surface area contributed by atoms with Crippen LogP contribution in [0.4, 0.5) is 10.5 Å². The second-order valence-corrected chi connectivity index (χ2v) is 7.31. The lowest BCUT2D eigenvalue weighted by Crippen LogP contribution is -2.45. The molecule has 0 atom stereocenters. The van der Waals surface area contributed by atoms with Crippen molar-refractivity contribution in [3.05, 3.63) is 28.8 Å². The Hall–Kier alpha value is -1.55.